The molecule has 1 aliphatic carbocycles. The van der Waals surface area contributed by atoms with Crippen molar-refractivity contribution in [3.8, 4) is 11.1 Å². The highest BCUT2D eigenvalue weighted by Gasteiger charge is 2.29. The number of carbonyl (C=O) groups excluding carboxylic acids is 1. The zero-order chi connectivity index (χ0) is 19.3. The van der Waals surface area contributed by atoms with Crippen LogP contribution in [0.25, 0.3) is 16.8 Å². The zero-order valence-corrected chi connectivity index (χ0v) is 16.9. The summed E-state index contributed by atoms with van der Waals surface area (Å²) >= 11 is 7.93. The van der Waals surface area contributed by atoms with Gasteiger partial charge in [-0.3, -0.25) is 4.79 Å². The average molecular weight is 408 g/mol. The van der Waals surface area contributed by atoms with Gasteiger partial charge in [-0.15, -0.1) is 11.3 Å². The summed E-state index contributed by atoms with van der Waals surface area (Å²) < 4.78 is 1.76. The van der Waals surface area contributed by atoms with Crippen molar-refractivity contribution in [3.05, 3.63) is 74.8 Å². The van der Waals surface area contributed by atoms with Crippen molar-refractivity contribution < 1.29 is 4.79 Å². The van der Waals surface area contributed by atoms with Crippen LogP contribution >= 0.6 is 22.9 Å². The first kappa shape index (κ1) is 17.6. The summed E-state index contributed by atoms with van der Waals surface area (Å²) in [6, 6.07) is 11.9. The van der Waals surface area contributed by atoms with Gasteiger partial charge in [-0.25, -0.2) is 9.50 Å². The van der Waals surface area contributed by atoms with Gasteiger partial charge in [0.05, 0.1) is 17.0 Å². The van der Waals surface area contributed by atoms with E-state index < -0.39 is 0 Å². The Morgan fingerprint density at radius 1 is 1.25 bits per heavy atom. The van der Waals surface area contributed by atoms with Crippen molar-refractivity contribution in [2.75, 3.05) is 0 Å². The number of hydrogen-bond acceptors (Lipinski definition) is 4. The second-order valence-electron chi connectivity index (χ2n) is 7.10. The van der Waals surface area contributed by atoms with E-state index in [9.17, 15) is 4.79 Å². The van der Waals surface area contributed by atoms with Crippen LogP contribution < -0.4 is 0 Å². The molecule has 0 spiro atoms. The van der Waals surface area contributed by atoms with Crippen molar-refractivity contribution in [3.63, 3.8) is 0 Å². The molecule has 0 bridgehead atoms. The minimum absolute atomic E-state index is 0.145. The Hall–Kier alpha value is -2.50. The van der Waals surface area contributed by atoms with Crippen molar-refractivity contribution in [2.45, 2.75) is 32.1 Å². The van der Waals surface area contributed by atoms with Gasteiger partial charge in [-0.05, 0) is 42.0 Å². The number of thiophene rings is 1. The Kier molecular flexibility index (Phi) is 4.29. The first-order valence-corrected chi connectivity index (χ1v) is 10.6. The van der Waals surface area contributed by atoms with Crippen LogP contribution in [0.3, 0.4) is 0 Å². The predicted octanol–water partition coefficient (Wildman–Crippen LogP) is 5.59. The smallest absolute Gasteiger partial charge is 0.166 e. The quantitative estimate of drug-likeness (QED) is 0.445. The molecule has 5 rings (SSSR count). The number of aryl methyl sites for hydroxylation is 1. The number of Topliss-reactive ketones (excluding diaryl/α,β-unsaturated/α-hetero) is 1. The van der Waals surface area contributed by atoms with E-state index >= 15 is 0 Å². The molecule has 140 valence electrons. The van der Waals surface area contributed by atoms with Crippen LogP contribution in [0.15, 0.2) is 48.0 Å². The Labute approximate surface area is 171 Å². The van der Waals surface area contributed by atoms with Crippen LogP contribution in [0.1, 0.15) is 45.9 Å². The first-order chi connectivity index (χ1) is 13.6. The lowest BCUT2D eigenvalue weighted by Gasteiger charge is -2.22. The highest BCUT2D eigenvalue weighted by molar-refractivity contribution is 7.10. The number of nitrogens with zero attached hydrogens (tertiary/aromatic N) is 3. The Morgan fingerprint density at radius 3 is 2.89 bits per heavy atom. The molecule has 0 radical (unpaired) electrons. The van der Waals surface area contributed by atoms with Gasteiger partial charge in [0.2, 0.25) is 0 Å². The highest BCUT2D eigenvalue weighted by Crippen LogP contribution is 2.36. The van der Waals surface area contributed by atoms with Crippen LogP contribution in [0.5, 0.6) is 0 Å². The van der Waals surface area contributed by atoms with Crippen LogP contribution in [-0.4, -0.2) is 20.4 Å². The Morgan fingerprint density at radius 2 is 2.14 bits per heavy atom. The lowest BCUT2D eigenvalue weighted by atomic mass is 9.85. The van der Waals surface area contributed by atoms with Crippen LogP contribution in [-0.2, 0) is 12.8 Å². The Balaban J connectivity index is 1.69. The molecule has 0 fully saturated rings. The number of fused-ring (bicyclic) bond motifs is 2. The summed E-state index contributed by atoms with van der Waals surface area (Å²) in [5.41, 5.74) is 5.31. The molecule has 4 aromatic rings. The fourth-order valence-electron chi connectivity index (χ4n) is 3.99. The average Bonchev–Trinajstić information content (AvgIpc) is 3.34. The second kappa shape index (κ2) is 6.83. The van der Waals surface area contributed by atoms with E-state index in [1.54, 1.807) is 15.9 Å². The zero-order valence-electron chi connectivity index (χ0n) is 15.4. The maximum absolute atomic E-state index is 12.8. The van der Waals surface area contributed by atoms with Crippen LogP contribution in [0.4, 0.5) is 0 Å². The van der Waals surface area contributed by atoms with Crippen molar-refractivity contribution in [1.29, 1.82) is 0 Å². The molecule has 6 heteroatoms. The largest absolute Gasteiger partial charge is 0.294 e. The van der Waals surface area contributed by atoms with Gasteiger partial charge in [0.15, 0.2) is 11.4 Å². The van der Waals surface area contributed by atoms with Gasteiger partial charge < -0.3 is 0 Å². The third-order valence-electron chi connectivity index (χ3n) is 5.33. The Bertz CT molecular complexity index is 1200. The molecule has 3 heterocycles. The number of hydrogen-bond donors (Lipinski definition) is 0. The number of carbonyl (C=O) groups is 1. The lowest BCUT2D eigenvalue weighted by Crippen LogP contribution is -2.20. The normalized spacial score (nSPS) is 16.5. The molecule has 1 aromatic carbocycles. The number of benzene rings is 1. The monoisotopic (exact) mass is 407 g/mol. The molecule has 4 nitrogen and oxygen atoms in total. The van der Waals surface area contributed by atoms with Crippen molar-refractivity contribution in [1.82, 2.24) is 14.6 Å². The molecule has 0 N–H and O–H groups in total. The minimum atomic E-state index is 0.145. The molecule has 3 aromatic heterocycles. The SMILES string of the molecule is CCc1nn2cc3c(nc2c1-c1cccc(Cl)c1)CC(c1cccs1)CC3=O. The predicted molar refractivity (Wildman–Crippen MR) is 113 cm³/mol. The molecular formula is C22H18ClN3OS. The summed E-state index contributed by atoms with van der Waals surface area (Å²) in [4.78, 5) is 19.0. The maximum Gasteiger partial charge on any atom is 0.166 e. The molecular weight excluding hydrogens is 390 g/mol. The summed E-state index contributed by atoms with van der Waals surface area (Å²) in [7, 11) is 0. The fraction of sp³-hybridized carbons (Fsp3) is 0.227. The van der Waals surface area contributed by atoms with Gasteiger partial charge in [0.1, 0.15) is 0 Å². The van der Waals surface area contributed by atoms with Gasteiger partial charge >= 0.3 is 0 Å². The van der Waals surface area contributed by atoms with Crippen LogP contribution in [0.2, 0.25) is 5.02 Å². The molecule has 0 aliphatic heterocycles. The summed E-state index contributed by atoms with van der Waals surface area (Å²) in [5.74, 6) is 0.352. The lowest BCUT2D eigenvalue weighted by molar-refractivity contribution is 0.0963. The molecule has 1 atom stereocenters. The van der Waals surface area contributed by atoms with E-state index in [1.807, 2.05) is 36.5 Å². The topological polar surface area (TPSA) is 47.3 Å². The molecule has 1 aliphatic rings. The summed E-state index contributed by atoms with van der Waals surface area (Å²) in [6.45, 7) is 2.08. The number of halogens is 1. The van der Waals surface area contributed by atoms with Gasteiger partial charge in [-0.1, -0.05) is 36.7 Å². The fourth-order valence-corrected chi connectivity index (χ4v) is 5.01. The third kappa shape index (κ3) is 2.86. The first-order valence-electron chi connectivity index (χ1n) is 9.37. The van der Waals surface area contributed by atoms with Gasteiger partial charge in [-0.2, -0.15) is 5.10 Å². The molecule has 0 saturated carbocycles. The molecule has 0 saturated heterocycles. The van der Waals surface area contributed by atoms with E-state index in [4.69, 9.17) is 21.7 Å². The van der Waals surface area contributed by atoms with Gasteiger partial charge in [0, 0.05) is 34.0 Å². The molecule has 1 unspecified atom stereocenters. The minimum Gasteiger partial charge on any atom is -0.294 e. The van der Waals surface area contributed by atoms with Crippen LogP contribution in [0, 0.1) is 0 Å². The number of aromatic nitrogens is 3. The third-order valence-corrected chi connectivity index (χ3v) is 6.60. The van der Waals surface area contributed by atoms with Crippen molar-refractivity contribution >= 4 is 34.4 Å². The molecule has 0 amide bonds. The number of rotatable bonds is 3. The van der Waals surface area contributed by atoms with Gasteiger partial charge in [0.25, 0.3) is 0 Å². The maximum atomic E-state index is 12.8. The second-order valence-corrected chi connectivity index (χ2v) is 8.51. The van der Waals surface area contributed by atoms with E-state index in [0.29, 0.717) is 17.0 Å². The molecule has 28 heavy (non-hydrogen) atoms. The van der Waals surface area contributed by atoms with E-state index in [-0.39, 0.29) is 11.7 Å². The number of ketones is 1. The summed E-state index contributed by atoms with van der Waals surface area (Å²) in [5, 5.41) is 7.46. The van der Waals surface area contributed by atoms with E-state index in [2.05, 4.69) is 18.4 Å². The van der Waals surface area contributed by atoms with Crippen molar-refractivity contribution in [2.24, 2.45) is 0 Å². The summed E-state index contributed by atoms with van der Waals surface area (Å²) in [6.07, 6.45) is 3.95. The highest BCUT2D eigenvalue weighted by atomic mass is 35.5. The van der Waals surface area contributed by atoms with E-state index in [0.717, 1.165) is 41.0 Å². The standard InChI is InChI=1S/C22H18ClN3OS/c1-2-17-21(13-5-3-6-15(23)9-13)22-24-18-10-14(20-7-4-8-28-20)11-19(27)16(18)12-26(22)25-17/h3-9,12,14H,2,10-11H2,1H3. The van der Waals surface area contributed by atoms with E-state index in [1.165, 1.54) is 4.88 Å².